The molecule has 0 radical (unpaired) electrons. The molecule has 196 valence electrons. The summed E-state index contributed by atoms with van der Waals surface area (Å²) in [6, 6.07) is 8.85. The first-order valence-corrected chi connectivity index (χ1v) is 11.3. The summed E-state index contributed by atoms with van der Waals surface area (Å²) in [6.07, 6.45) is 7.41. The van der Waals surface area contributed by atoms with E-state index >= 15 is 0 Å². The highest BCUT2D eigenvalue weighted by atomic mass is 32.2. The van der Waals surface area contributed by atoms with Gasteiger partial charge in [-0.25, -0.2) is 23.4 Å². The van der Waals surface area contributed by atoms with E-state index in [-0.39, 0.29) is 43.5 Å². The third kappa shape index (κ3) is 10.5. The number of hydroxylamine groups is 1. The number of methoxy groups -OCH3 is 1. The first kappa shape index (κ1) is 30.7. The minimum Gasteiger partial charge on any atom is -0.451 e. The number of carbonyl (C=O) groups excluding carboxylic acids is 2. The molecule has 2 rings (SSSR count). The lowest BCUT2D eigenvalue weighted by atomic mass is 10.2. The first-order valence-electron chi connectivity index (χ1n) is 10.5. The van der Waals surface area contributed by atoms with E-state index in [9.17, 15) is 18.4 Å². The van der Waals surface area contributed by atoms with Crippen LogP contribution >= 0.6 is 11.9 Å². The number of benzene rings is 2. The Morgan fingerprint density at radius 2 is 1.69 bits per heavy atom. The SMILES string of the molecule is C#C.COCCOC(=O)N(C)CCN(CC(=O)NO)Sc1cc(F)c(Oc2ccc(C)cc2)c(F)c1. The number of nitrogens with zero attached hydrogens (tertiary/aromatic N) is 2. The van der Waals surface area contributed by atoms with Crippen LogP contribution in [0.3, 0.4) is 0 Å². The minimum atomic E-state index is -0.923. The van der Waals surface area contributed by atoms with Crippen molar-refractivity contribution in [3.8, 4) is 24.3 Å². The summed E-state index contributed by atoms with van der Waals surface area (Å²) in [7, 11) is 2.98. The molecule has 0 aliphatic rings. The molecule has 0 fully saturated rings. The fraction of sp³-hybridized carbons (Fsp3) is 0.333. The van der Waals surface area contributed by atoms with Crippen molar-refractivity contribution in [1.29, 1.82) is 0 Å². The average Bonchev–Trinajstić information content (AvgIpc) is 2.86. The van der Waals surface area contributed by atoms with E-state index in [0.29, 0.717) is 0 Å². The third-order valence-corrected chi connectivity index (χ3v) is 5.42. The monoisotopic (exact) mass is 525 g/mol. The van der Waals surface area contributed by atoms with Crippen molar-refractivity contribution in [2.45, 2.75) is 11.8 Å². The zero-order chi connectivity index (χ0) is 27.1. The van der Waals surface area contributed by atoms with E-state index < -0.39 is 29.4 Å². The molecule has 0 unspecified atom stereocenters. The predicted octanol–water partition coefficient (Wildman–Crippen LogP) is 3.84. The van der Waals surface area contributed by atoms with Crippen LogP contribution in [0.5, 0.6) is 11.5 Å². The molecular formula is C24H29F2N3O6S. The summed E-state index contributed by atoms with van der Waals surface area (Å²) < 4.78 is 45.8. The van der Waals surface area contributed by atoms with Gasteiger partial charge in [0.15, 0.2) is 17.4 Å². The fourth-order valence-corrected chi connectivity index (χ4v) is 3.55. The quantitative estimate of drug-likeness (QED) is 0.142. The van der Waals surface area contributed by atoms with E-state index in [1.807, 2.05) is 6.92 Å². The van der Waals surface area contributed by atoms with Crippen LogP contribution in [0.15, 0.2) is 41.3 Å². The molecule has 0 heterocycles. The van der Waals surface area contributed by atoms with Gasteiger partial charge in [-0.05, 0) is 43.1 Å². The zero-order valence-electron chi connectivity index (χ0n) is 20.2. The Hall–Kier alpha value is -3.37. The van der Waals surface area contributed by atoms with E-state index in [1.165, 1.54) is 28.8 Å². The molecule has 0 bridgehead atoms. The highest BCUT2D eigenvalue weighted by Crippen LogP contribution is 2.33. The largest absolute Gasteiger partial charge is 0.451 e. The molecule has 0 spiro atoms. The summed E-state index contributed by atoms with van der Waals surface area (Å²) in [5, 5.41) is 8.85. The second-order valence-corrected chi connectivity index (χ2v) is 8.32. The number of ether oxygens (including phenoxy) is 3. The van der Waals surface area contributed by atoms with Crippen molar-refractivity contribution < 1.29 is 37.8 Å². The van der Waals surface area contributed by atoms with Gasteiger partial charge in [0.05, 0.1) is 13.2 Å². The van der Waals surface area contributed by atoms with Crippen LogP contribution in [0, 0.1) is 31.4 Å². The average molecular weight is 526 g/mol. The summed E-state index contributed by atoms with van der Waals surface area (Å²) in [5.41, 5.74) is 2.48. The van der Waals surface area contributed by atoms with Crippen LogP contribution in [-0.2, 0) is 14.3 Å². The van der Waals surface area contributed by atoms with Crippen LogP contribution in [-0.4, -0.2) is 73.4 Å². The molecule has 2 aromatic rings. The molecule has 2 aromatic carbocycles. The van der Waals surface area contributed by atoms with Crippen molar-refractivity contribution in [2.24, 2.45) is 0 Å². The number of rotatable bonds is 12. The highest BCUT2D eigenvalue weighted by Gasteiger charge is 2.19. The van der Waals surface area contributed by atoms with Gasteiger partial charge in [0, 0.05) is 32.1 Å². The highest BCUT2D eigenvalue weighted by molar-refractivity contribution is 7.97. The maximum absolute atomic E-state index is 14.6. The molecule has 0 aromatic heterocycles. The van der Waals surface area contributed by atoms with Gasteiger partial charge < -0.3 is 19.1 Å². The molecule has 0 aliphatic heterocycles. The van der Waals surface area contributed by atoms with Crippen LogP contribution < -0.4 is 10.2 Å². The van der Waals surface area contributed by atoms with Crippen LogP contribution in [0.1, 0.15) is 5.56 Å². The van der Waals surface area contributed by atoms with Crippen molar-refractivity contribution in [3.05, 3.63) is 53.6 Å². The van der Waals surface area contributed by atoms with Crippen molar-refractivity contribution in [2.75, 3.05) is 47.0 Å². The van der Waals surface area contributed by atoms with Crippen LogP contribution in [0.4, 0.5) is 13.6 Å². The Morgan fingerprint density at radius 3 is 2.25 bits per heavy atom. The molecule has 0 atom stereocenters. The number of hydrogen-bond acceptors (Lipinski definition) is 8. The predicted molar refractivity (Wildman–Crippen MR) is 131 cm³/mol. The van der Waals surface area contributed by atoms with Crippen molar-refractivity contribution in [1.82, 2.24) is 14.7 Å². The van der Waals surface area contributed by atoms with Gasteiger partial charge in [0.2, 0.25) is 0 Å². The second kappa shape index (κ2) is 16.3. The first-order chi connectivity index (χ1) is 17.2. The lowest BCUT2D eigenvalue weighted by Crippen LogP contribution is -2.38. The zero-order valence-corrected chi connectivity index (χ0v) is 21.0. The van der Waals surface area contributed by atoms with Gasteiger partial charge in [-0.3, -0.25) is 10.0 Å². The normalized spacial score (nSPS) is 10.2. The number of carbonyl (C=O) groups is 2. The Morgan fingerprint density at radius 1 is 1.08 bits per heavy atom. The summed E-state index contributed by atoms with van der Waals surface area (Å²) >= 11 is 0.880. The number of amides is 2. The van der Waals surface area contributed by atoms with Gasteiger partial charge >= 0.3 is 6.09 Å². The number of likely N-dealkylation sites (N-methyl/N-ethyl adjacent to an activating group) is 1. The summed E-state index contributed by atoms with van der Waals surface area (Å²) in [5.74, 6) is -2.85. The van der Waals surface area contributed by atoms with Crippen molar-refractivity contribution >= 4 is 23.9 Å². The number of nitrogens with one attached hydrogen (secondary N) is 1. The lowest BCUT2D eigenvalue weighted by molar-refractivity contribution is -0.129. The Kier molecular flexibility index (Phi) is 13.9. The standard InChI is InChI=1S/C22H27F2N3O6S.C2H2/c1-15-4-6-16(7-5-15)33-21-18(23)12-17(13-19(21)24)34-27(14-20(28)25-30)9-8-26(2)22(29)32-11-10-31-3;1-2/h4-7,12-13,30H,8-11,14H2,1-3H3,(H,25,28);1-2H. The molecule has 0 aliphatic carbocycles. The molecule has 0 saturated carbocycles. The molecular weight excluding hydrogens is 496 g/mol. The molecule has 0 saturated heterocycles. The maximum Gasteiger partial charge on any atom is 0.409 e. The van der Waals surface area contributed by atoms with E-state index in [0.717, 1.165) is 29.6 Å². The maximum atomic E-state index is 14.6. The van der Waals surface area contributed by atoms with E-state index in [4.69, 9.17) is 19.4 Å². The lowest BCUT2D eigenvalue weighted by Gasteiger charge is -2.24. The van der Waals surface area contributed by atoms with Gasteiger partial charge in [0.1, 0.15) is 12.4 Å². The number of terminal acetylenes is 1. The Bertz CT molecular complexity index is 984. The fourth-order valence-electron chi connectivity index (χ4n) is 2.59. The molecule has 2 N–H and O–H groups in total. The smallest absolute Gasteiger partial charge is 0.409 e. The third-order valence-electron chi connectivity index (χ3n) is 4.40. The van der Waals surface area contributed by atoms with E-state index in [1.54, 1.807) is 24.3 Å². The van der Waals surface area contributed by atoms with E-state index in [2.05, 4.69) is 12.8 Å². The summed E-state index contributed by atoms with van der Waals surface area (Å²) in [6.45, 7) is 2.16. The van der Waals surface area contributed by atoms with Gasteiger partial charge in [0.25, 0.3) is 5.91 Å². The van der Waals surface area contributed by atoms with Crippen LogP contribution in [0.25, 0.3) is 0 Å². The molecule has 36 heavy (non-hydrogen) atoms. The van der Waals surface area contributed by atoms with Crippen LogP contribution in [0.2, 0.25) is 0 Å². The molecule has 9 nitrogen and oxygen atoms in total. The molecule has 2 amide bonds. The summed E-state index contributed by atoms with van der Waals surface area (Å²) in [4.78, 5) is 25.1. The Labute approximate surface area is 213 Å². The van der Waals surface area contributed by atoms with Gasteiger partial charge in [-0.1, -0.05) is 17.7 Å². The molecule has 12 heteroatoms. The topological polar surface area (TPSA) is 101 Å². The Balaban J connectivity index is 0.00000316. The van der Waals surface area contributed by atoms with Gasteiger partial charge in [-0.15, -0.1) is 12.8 Å². The minimum absolute atomic E-state index is 0.0839. The number of halogens is 2. The van der Waals surface area contributed by atoms with Crippen molar-refractivity contribution in [3.63, 3.8) is 0 Å². The second-order valence-electron chi connectivity index (χ2n) is 7.15. The number of hydrogen-bond donors (Lipinski definition) is 2. The van der Waals surface area contributed by atoms with Gasteiger partial charge in [-0.2, -0.15) is 0 Å². The number of aryl methyl sites for hydroxylation is 1.